The molecule has 2 nitrogen and oxygen atoms in total. The van der Waals surface area contributed by atoms with Crippen LogP contribution in [0.2, 0.25) is 0 Å². The maximum atomic E-state index is 12.3. The third kappa shape index (κ3) is 3.82. The van der Waals surface area contributed by atoms with Crippen LogP contribution >= 0.6 is 15.9 Å². The molecule has 0 aliphatic carbocycles. The molecule has 1 atom stereocenters. The molecule has 0 radical (unpaired) electrons. The van der Waals surface area contributed by atoms with Crippen LogP contribution in [0.3, 0.4) is 0 Å². The molecule has 1 rings (SSSR count). The standard InChI is InChI=1S/C14H21BrO2S/c1-10(2)13(8-15)9-18(16,17)14-6-5-11(3)12(4)7-14/h5-7,10,13H,8-9H2,1-4H3. The third-order valence-corrected chi connectivity index (χ3v) is 6.08. The van der Waals surface area contributed by atoms with E-state index in [1.54, 1.807) is 12.1 Å². The van der Waals surface area contributed by atoms with Gasteiger partial charge in [0, 0.05) is 5.33 Å². The molecule has 0 aliphatic heterocycles. The summed E-state index contributed by atoms with van der Waals surface area (Å²) in [6.07, 6.45) is 0. The van der Waals surface area contributed by atoms with Crippen molar-refractivity contribution in [3.8, 4) is 0 Å². The molecule has 102 valence electrons. The van der Waals surface area contributed by atoms with Gasteiger partial charge in [-0.1, -0.05) is 35.8 Å². The Bertz CT molecular complexity index is 507. The first-order valence-electron chi connectivity index (χ1n) is 6.14. The third-order valence-electron chi connectivity index (χ3n) is 3.41. The molecule has 18 heavy (non-hydrogen) atoms. The zero-order valence-corrected chi connectivity index (χ0v) is 13.8. The van der Waals surface area contributed by atoms with E-state index in [9.17, 15) is 8.42 Å². The summed E-state index contributed by atoms with van der Waals surface area (Å²) in [5.41, 5.74) is 2.14. The Morgan fingerprint density at radius 1 is 1.17 bits per heavy atom. The molecule has 0 aromatic heterocycles. The molecule has 0 saturated heterocycles. The summed E-state index contributed by atoms with van der Waals surface area (Å²) in [4.78, 5) is 0.442. The maximum absolute atomic E-state index is 12.3. The fourth-order valence-electron chi connectivity index (χ4n) is 1.70. The van der Waals surface area contributed by atoms with Gasteiger partial charge in [-0.05, 0) is 48.9 Å². The van der Waals surface area contributed by atoms with Gasteiger partial charge in [-0.15, -0.1) is 0 Å². The highest BCUT2D eigenvalue weighted by Gasteiger charge is 2.23. The van der Waals surface area contributed by atoms with Gasteiger partial charge in [0.05, 0.1) is 10.6 Å². The van der Waals surface area contributed by atoms with E-state index in [0.717, 1.165) is 16.5 Å². The zero-order chi connectivity index (χ0) is 13.9. The highest BCUT2D eigenvalue weighted by Crippen LogP contribution is 2.22. The Kier molecular flexibility index (Phi) is 5.41. The first kappa shape index (κ1) is 15.7. The highest BCUT2D eigenvalue weighted by molar-refractivity contribution is 9.09. The van der Waals surface area contributed by atoms with Gasteiger partial charge in [-0.3, -0.25) is 0 Å². The normalized spacial score (nSPS) is 13.9. The average Bonchev–Trinajstić information content (AvgIpc) is 2.29. The van der Waals surface area contributed by atoms with Crippen molar-refractivity contribution in [1.29, 1.82) is 0 Å². The molecule has 1 aromatic rings. The van der Waals surface area contributed by atoms with Crippen LogP contribution < -0.4 is 0 Å². The molecule has 0 saturated carbocycles. The van der Waals surface area contributed by atoms with Crippen molar-refractivity contribution in [2.75, 3.05) is 11.1 Å². The minimum atomic E-state index is -3.19. The lowest BCUT2D eigenvalue weighted by Gasteiger charge is -2.18. The molecule has 0 heterocycles. The van der Waals surface area contributed by atoms with Crippen LogP contribution in [0, 0.1) is 25.7 Å². The summed E-state index contributed by atoms with van der Waals surface area (Å²) in [6, 6.07) is 5.36. The molecule has 0 aliphatic rings. The second kappa shape index (κ2) is 6.20. The zero-order valence-electron chi connectivity index (χ0n) is 11.4. The van der Waals surface area contributed by atoms with E-state index in [-0.39, 0.29) is 11.7 Å². The predicted molar refractivity (Wildman–Crippen MR) is 80.1 cm³/mol. The lowest BCUT2D eigenvalue weighted by Crippen LogP contribution is -2.22. The second-order valence-electron chi connectivity index (χ2n) is 5.19. The van der Waals surface area contributed by atoms with Gasteiger partial charge in [-0.25, -0.2) is 8.42 Å². The predicted octanol–water partition coefficient (Wildman–Crippen LogP) is 3.74. The summed E-state index contributed by atoms with van der Waals surface area (Å²) < 4.78 is 24.7. The van der Waals surface area contributed by atoms with Crippen molar-refractivity contribution >= 4 is 25.8 Å². The minimum absolute atomic E-state index is 0.150. The van der Waals surface area contributed by atoms with Crippen LogP contribution in [0.5, 0.6) is 0 Å². The summed E-state index contributed by atoms with van der Waals surface area (Å²) in [7, 11) is -3.19. The van der Waals surface area contributed by atoms with Crippen molar-refractivity contribution in [3.63, 3.8) is 0 Å². The summed E-state index contributed by atoms with van der Waals surface area (Å²) >= 11 is 3.40. The van der Waals surface area contributed by atoms with Crippen LogP contribution in [-0.4, -0.2) is 19.5 Å². The molecule has 0 fully saturated rings. The second-order valence-corrected chi connectivity index (χ2v) is 7.87. The number of aryl methyl sites for hydroxylation is 2. The van der Waals surface area contributed by atoms with Gasteiger partial charge in [0.15, 0.2) is 9.84 Å². The van der Waals surface area contributed by atoms with E-state index in [0.29, 0.717) is 10.8 Å². The van der Waals surface area contributed by atoms with Gasteiger partial charge >= 0.3 is 0 Å². The van der Waals surface area contributed by atoms with E-state index >= 15 is 0 Å². The van der Waals surface area contributed by atoms with Crippen molar-refractivity contribution in [1.82, 2.24) is 0 Å². The van der Waals surface area contributed by atoms with E-state index < -0.39 is 9.84 Å². The lowest BCUT2D eigenvalue weighted by atomic mass is 10.0. The van der Waals surface area contributed by atoms with Crippen molar-refractivity contribution < 1.29 is 8.42 Å². The highest BCUT2D eigenvalue weighted by atomic mass is 79.9. The smallest absolute Gasteiger partial charge is 0.178 e. The summed E-state index contributed by atoms with van der Waals surface area (Å²) in [6.45, 7) is 8.05. The van der Waals surface area contributed by atoms with Gasteiger partial charge in [0.2, 0.25) is 0 Å². The Morgan fingerprint density at radius 2 is 1.78 bits per heavy atom. The van der Waals surface area contributed by atoms with E-state index in [2.05, 4.69) is 29.8 Å². The quantitative estimate of drug-likeness (QED) is 0.769. The molecule has 1 unspecified atom stereocenters. The Morgan fingerprint density at radius 3 is 2.22 bits per heavy atom. The number of rotatable bonds is 5. The van der Waals surface area contributed by atoms with E-state index in [1.807, 2.05) is 19.9 Å². The average molecular weight is 333 g/mol. The van der Waals surface area contributed by atoms with Crippen LogP contribution in [0.15, 0.2) is 23.1 Å². The van der Waals surface area contributed by atoms with Gasteiger partial charge in [0.25, 0.3) is 0 Å². The van der Waals surface area contributed by atoms with Crippen LogP contribution in [0.1, 0.15) is 25.0 Å². The van der Waals surface area contributed by atoms with Crippen LogP contribution in [0.4, 0.5) is 0 Å². The minimum Gasteiger partial charge on any atom is -0.224 e. The van der Waals surface area contributed by atoms with Crippen LogP contribution in [0.25, 0.3) is 0 Å². The molecule has 0 N–H and O–H groups in total. The SMILES string of the molecule is Cc1ccc(S(=O)(=O)CC(CBr)C(C)C)cc1C. The monoisotopic (exact) mass is 332 g/mol. The van der Waals surface area contributed by atoms with Gasteiger partial charge in [0.1, 0.15) is 0 Å². The molecular weight excluding hydrogens is 312 g/mol. The molecule has 0 amide bonds. The molecule has 0 spiro atoms. The molecule has 1 aromatic carbocycles. The van der Waals surface area contributed by atoms with E-state index in [4.69, 9.17) is 0 Å². The fourth-order valence-corrected chi connectivity index (χ4v) is 4.87. The van der Waals surface area contributed by atoms with Gasteiger partial charge in [-0.2, -0.15) is 0 Å². The number of hydrogen-bond donors (Lipinski definition) is 0. The van der Waals surface area contributed by atoms with Gasteiger partial charge < -0.3 is 0 Å². The molecular formula is C14H21BrO2S. The van der Waals surface area contributed by atoms with Crippen molar-refractivity contribution in [2.45, 2.75) is 32.6 Å². The number of benzene rings is 1. The Balaban J connectivity index is 3.02. The number of sulfone groups is 1. The topological polar surface area (TPSA) is 34.1 Å². The number of halogens is 1. The maximum Gasteiger partial charge on any atom is 0.178 e. The largest absolute Gasteiger partial charge is 0.224 e. The van der Waals surface area contributed by atoms with Crippen LogP contribution in [-0.2, 0) is 9.84 Å². The Hall–Kier alpha value is -0.350. The van der Waals surface area contributed by atoms with E-state index in [1.165, 1.54) is 0 Å². The lowest BCUT2D eigenvalue weighted by molar-refractivity contribution is 0.461. The summed E-state index contributed by atoms with van der Waals surface area (Å²) in [5.74, 6) is 0.709. The van der Waals surface area contributed by atoms with Crippen molar-refractivity contribution in [3.05, 3.63) is 29.3 Å². The molecule has 0 bridgehead atoms. The first-order chi connectivity index (χ1) is 8.27. The number of alkyl halides is 1. The number of hydrogen-bond acceptors (Lipinski definition) is 2. The first-order valence-corrected chi connectivity index (χ1v) is 8.91. The Labute approximate surface area is 119 Å². The fraction of sp³-hybridized carbons (Fsp3) is 0.571. The van der Waals surface area contributed by atoms with Crippen molar-refractivity contribution in [2.24, 2.45) is 11.8 Å². The molecule has 4 heteroatoms. The summed E-state index contributed by atoms with van der Waals surface area (Å²) in [5, 5.41) is 0.717.